The van der Waals surface area contributed by atoms with Gasteiger partial charge in [0.25, 0.3) is 0 Å². The molecule has 0 fully saturated rings. The van der Waals surface area contributed by atoms with Crippen molar-refractivity contribution in [3.05, 3.63) is 5.69 Å². The highest BCUT2D eigenvalue weighted by Crippen LogP contribution is 2.28. The molecule has 0 aromatic carbocycles. The van der Waals surface area contributed by atoms with Crippen LogP contribution >= 0.6 is 23.4 Å². The fourth-order valence-corrected chi connectivity index (χ4v) is 1.44. The molecule has 0 bridgehead atoms. The Morgan fingerprint density at radius 2 is 2.20 bits per heavy atom. The number of aromatic nitrogens is 2. The summed E-state index contributed by atoms with van der Waals surface area (Å²) in [5, 5.41) is 16.5. The number of hydrogen-bond donors (Lipinski definition) is 1. The summed E-state index contributed by atoms with van der Waals surface area (Å²) < 4.78 is 39.7. The fourth-order valence-electron chi connectivity index (χ4n) is 0.599. The van der Waals surface area contributed by atoms with E-state index >= 15 is 0 Å². The highest BCUT2D eigenvalue weighted by atomic mass is 35.5. The summed E-state index contributed by atoms with van der Waals surface area (Å²) in [6.07, 6.45) is -4.34. The first-order valence-electron chi connectivity index (χ1n) is 3.34. The van der Waals surface area contributed by atoms with Gasteiger partial charge >= 0.3 is 6.18 Å². The Hall–Kier alpha value is -0.960. The van der Waals surface area contributed by atoms with Crippen molar-refractivity contribution in [2.24, 2.45) is 5.16 Å². The van der Waals surface area contributed by atoms with E-state index < -0.39 is 17.1 Å². The Kier molecular flexibility index (Phi) is 3.80. The van der Waals surface area contributed by atoms with Crippen LogP contribution in [0.2, 0.25) is 0 Å². The number of nitrogens with zero attached hydrogens (tertiary/aromatic N) is 3. The number of oxime groups is 1. The lowest BCUT2D eigenvalue weighted by atomic mass is 10.5. The van der Waals surface area contributed by atoms with Crippen LogP contribution in [0.25, 0.3) is 0 Å². The number of alkyl halides is 3. The molecule has 0 aliphatic carbocycles. The van der Waals surface area contributed by atoms with Gasteiger partial charge in [-0.1, -0.05) is 28.5 Å². The molecule has 1 aromatic heterocycles. The van der Waals surface area contributed by atoms with Gasteiger partial charge in [0.2, 0.25) is 0 Å². The van der Waals surface area contributed by atoms with Gasteiger partial charge in [0.1, 0.15) is 0 Å². The monoisotopic (exact) mass is 261 g/mol. The Balaban J connectivity index is 2.74. The lowest BCUT2D eigenvalue weighted by molar-refractivity contribution is -0.105. The number of halogens is 4. The van der Waals surface area contributed by atoms with Crippen LogP contribution in [-0.2, 0) is 0 Å². The third-order valence-corrected chi connectivity index (χ3v) is 2.38. The van der Waals surface area contributed by atoms with E-state index in [2.05, 4.69) is 20.1 Å². The molecular weight excluding hydrogens is 259 g/mol. The van der Waals surface area contributed by atoms with E-state index in [1.807, 2.05) is 0 Å². The van der Waals surface area contributed by atoms with Gasteiger partial charge in [0.05, 0.1) is 5.75 Å². The molecule has 0 amide bonds. The normalized spacial score (nSPS) is 13.2. The molecule has 5 nitrogen and oxygen atoms in total. The van der Waals surface area contributed by atoms with E-state index in [0.29, 0.717) is 11.8 Å². The SMILES string of the molecule is ON=C(Cl)c1nonc1SCC(F)(F)F. The summed E-state index contributed by atoms with van der Waals surface area (Å²) in [5.74, 6) is -1.16. The van der Waals surface area contributed by atoms with Gasteiger partial charge in [-0.2, -0.15) is 13.2 Å². The van der Waals surface area contributed by atoms with Gasteiger partial charge in [-0.15, -0.1) is 0 Å². The van der Waals surface area contributed by atoms with Gasteiger partial charge < -0.3 is 5.21 Å². The average Bonchev–Trinajstić information content (AvgIpc) is 2.60. The summed E-state index contributed by atoms with van der Waals surface area (Å²) in [5.41, 5.74) is -0.228. The third-order valence-electron chi connectivity index (χ3n) is 1.11. The molecule has 15 heavy (non-hydrogen) atoms. The van der Waals surface area contributed by atoms with Gasteiger partial charge in [-0.05, 0) is 10.3 Å². The zero-order valence-electron chi connectivity index (χ0n) is 6.82. The Labute approximate surface area is 90.2 Å². The number of thioether (sulfide) groups is 1. The topological polar surface area (TPSA) is 71.5 Å². The maximum absolute atomic E-state index is 11.8. The van der Waals surface area contributed by atoms with Crippen LogP contribution in [0.4, 0.5) is 13.2 Å². The van der Waals surface area contributed by atoms with E-state index in [1.165, 1.54) is 0 Å². The summed E-state index contributed by atoms with van der Waals surface area (Å²) in [6, 6.07) is 0. The average molecular weight is 262 g/mol. The van der Waals surface area contributed by atoms with Crippen molar-refractivity contribution >= 4 is 28.5 Å². The molecule has 1 aromatic rings. The summed E-state index contributed by atoms with van der Waals surface area (Å²) >= 11 is 5.67. The van der Waals surface area contributed by atoms with Crippen LogP contribution in [0.5, 0.6) is 0 Å². The minimum absolute atomic E-state index is 0.185. The highest BCUT2D eigenvalue weighted by Gasteiger charge is 2.29. The van der Waals surface area contributed by atoms with E-state index in [1.54, 1.807) is 0 Å². The summed E-state index contributed by atoms with van der Waals surface area (Å²) in [4.78, 5) is 0. The first-order valence-corrected chi connectivity index (χ1v) is 4.70. The highest BCUT2D eigenvalue weighted by molar-refractivity contribution is 7.99. The molecule has 0 spiro atoms. The first-order chi connectivity index (χ1) is 6.94. The van der Waals surface area contributed by atoms with Crippen molar-refractivity contribution in [1.29, 1.82) is 0 Å². The maximum atomic E-state index is 11.8. The summed E-state index contributed by atoms with van der Waals surface area (Å²) in [6.45, 7) is 0. The zero-order chi connectivity index (χ0) is 11.5. The second-order valence-corrected chi connectivity index (χ2v) is 3.53. The third kappa shape index (κ3) is 3.59. The predicted octanol–water partition coefficient (Wildman–Crippen LogP) is 2.10. The Morgan fingerprint density at radius 1 is 1.53 bits per heavy atom. The van der Waals surface area contributed by atoms with Crippen LogP contribution in [0.1, 0.15) is 5.69 Å². The molecule has 0 unspecified atom stereocenters. The quantitative estimate of drug-likeness (QED) is 0.390. The molecular formula is C5H3ClF3N3O2S. The van der Waals surface area contributed by atoms with E-state index in [9.17, 15) is 13.2 Å². The van der Waals surface area contributed by atoms with Crippen molar-refractivity contribution < 1.29 is 23.0 Å². The minimum Gasteiger partial charge on any atom is -0.410 e. The van der Waals surface area contributed by atoms with Crippen molar-refractivity contribution in [3.8, 4) is 0 Å². The van der Waals surface area contributed by atoms with E-state index in [0.717, 1.165) is 0 Å². The van der Waals surface area contributed by atoms with Crippen molar-refractivity contribution in [2.75, 3.05) is 5.75 Å². The molecule has 0 aliphatic heterocycles. The Morgan fingerprint density at radius 3 is 2.73 bits per heavy atom. The van der Waals surface area contributed by atoms with E-state index in [-0.39, 0.29) is 10.7 Å². The molecule has 0 radical (unpaired) electrons. The van der Waals surface area contributed by atoms with Crippen molar-refractivity contribution in [2.45, 2.75) is 11.2 Å². The maximum Gasteiger partial charge on any atom is 0.398 e. The van der Waals surface area contributed by atoms with Crippen LogP contribution in [0.3, 0.4) is 0 Å². The van der Waals surface area contributed by atoms with Gasteiger partial charge in [-0.3, -0.25) is 0 Å². The Bertz CT molecular complexity index is 367. The molecule has 1 heterocycles. The molecule has 0 saturated carbocycles. The van der Waals surface area contributed by atoms with Crippen LogP contribution in [0.15, 0.2) is 14.8 Å². The second kappa shape index (κ2) is 4.71. The zero-order valence-corrected chi connectivity index (χ0v) is 8.40. The number of rotatable bonds is 3. The summed E-state index contributed by atoms with van der Waals surface area (Å²) in [7, 11) is 0. The second-order valence-electron chi connectivity index (χ2n) is 2.21. The predicted molar refractivity (Wildman–Crippen MR) is 45.3 cm³/mol. The molecule has 1 N–H and O–H groups in total. The van der Waals surface area contributed by atoms with Crippen LogP contribution in [0, 0.1) is 0 Å². The van der Waals surface area contributed by atoms with Gasteiger partial charge in [0, 0.05) is 0 Å². The minimum atomic E-state index is -4.34. The van der Waals surface area contributed by atoms with Gasteiger partial charge in [0.15, 0.2) is 15.9 Å². The number of hydrogen-bond acceptors (Lipinski definition) is 6. The van der Waals surface area contributed by atoms with Crippen molar-refractivity contribution in [3.63, 3.8) is 0 Å². The smallest absolute Gasteiger partial charge is 0.398 e. The lowest BCUT2D eigenvalue weighted by Gasteiger charge is -2.02. The standard InChI is InChI=1S/C5H3ClF3N3O2S/c6-3(10-13)2-4(12-14-11-2)15-1-5(7,8)9/h13H,1H2. The molecule has 0 atom stereocenters. The molecule has 84 valence electrons. The van der Waals surface area contributed by atoms with Gasteiger partial charge in [-0.25, -0.2) is 4.63 Å². The first kappa shape index (κ1) is 12.1. The van der Waals surface area contributed by atoms with Crippen LogP contribution in [-0.4, -0.2) is 32.6 Å². The van der Waals surface area contributed by atoms with E-state index in [4.69, 9.17) is 16.8 Å². The largest absolute Gasteiger partial charge is 0.410 e. The molecule has 10 heteroatoms. The molecule has 0 saturated heterocycles. The van der Waals surface area contributed by atoms with Crippen molar-refractivity contribution in [1.82, 2.24) is 10.3 Å². The lowest BCUT2D eigenvalue weighted by Crippen LogP contribution is -2.11. The molecule has 0 aliphatic rings. The molecule has 1 rings (SSSR count). The van der Waals surface area contributed by atoms with Crippen LogP contribution < -0.4 is 0 Å². The fraction of sp³-hybridized carbons (Fsp3) is 0.400.